The van der Waals surface area contributed by atoms with Gasteiger partial charge in [-0.2, -0.15) is 0 Å². The fraction of sp³-hybridized carbons (Fsp3) is 0.310. The maximum atomic E-state index is 14.1. The van der Waals surface area contributed by atoms with Gasteiger partial charge < -0.3 is 19.7 Å². The van der Waals surface area contributed by atoms with Crippen LogP contribution in [0.3, 0.4) is 0 Å². The minimum absolute atomic E-state index is 0.114. The molecule has 0 aliphatic carbocycles. The van der Waals surface area contributed by atoms with Gasteiger partial charge in [0.15, 0.2) is 0 Å². The molecule has 3 aromatic rings. The van der Waals surface area contributed by atoms with Crippen molar-refractivity contribution in [2.45, 2.75) is 25.9 Å². The molecular formula is C29H35N3O6S. The molecule has 1 N–H and O–H groups in total. The monoisotopic (exact) mass is 553 g/mol. The predicted octanol–water partition coefficient (Wildman–Crippen LogP) is 3.16. The first-order chi connectivity index (χ1) is 18.6. The summed E-state index contributed by atoms with van der Waals surface area (Å²) in [6.07, 6.45) is 1.27. The zero-order valence-electron chi connectivity index (χ0n) is 22.9. The first-order valence-electron chi connectivity index (χ1n) is 12.4. The highest BCUT2D eigenvalue weighted by atomic mass is 32.2. The van der Waals surface area contributed by atoms with E-state index >= 15 is 0 Å². The molecule has 3 aromatic carbocycles. The summed E-state index contributed by atoms with van der Waals surface area (Å²) >= 11 is 0. The number of nitrogens with one attached hydrogen (secondary N) is 1. The quantitative estimate of drug-likeness (QED) is 0.370. The van der Waals surface area contributed by atoms with Crippen molar-refractivity contribution in [1.29, 1.82) is 0 Å². The molecule has 3 rings (SSSR count). The Labute approximate surface area is 230 Å². The van der Waals surface area contributed by atoms with Gasteiger partial charge in [0.05, 0.1) is 26.2 Å². The van der Waals surface area contributed by atoms with Crippen LogP contribution in [0.2, 0.25) is 0 Å². The Bertz CT molecular complexity index is 1400. The van der Waals surface area contributed by atoms with Crippen molar-refractivity contribution >= 4 is 27.5 Å². The Morgan fingerprint density at radius 1 is 0.949 bits per heavy atom. The molecule has 0 saturated carbocycles. The molecule has 9 nitrogen and oxygen atoms in total. The third-order valence-electron chi connectivity index (χ3n) is 6.45. The van der Waals surface area contributed by atoms with Crippen LogP contribution in [0.5, 0.6) is 11.5 Å². The summed E-state index contributed by atoms with van der Waals surface area (Å²) in [7, 11) is 0.446. The van der Waals surface area contributed by atoms with Crippen molar-refractivity contribution < 1.29 is 27.5 Å². The molecule has 0 aliphatic heterocycles. The minimum atomic E-state index is -3.95. The molecule has 2 amide bonds. The standard InChI is InChI=1S/C29H35N3O6S/c1-21-11-9-10-14-23(21)19-31(26(29(34)30-2)17-22-12-7-6-8-13-22)28(33)20-32(39(5,35)36)25-18-24(37-3)15-16-27(25)38-4/h6-16,18,26H,17,19-20H2,1-5H3,(H,30,34). The molecule has 0 spiro atoms. The van der Waals surface area contributed by atoms with Crippen LogP contribution >= 0.6 is 0 Å². The molecule has 0 heterocycles. The number of hydrogen-bond acceptors (Lipinski definition) is 6. The second kappa shape index (κ2) is 13.1. The van der Waals surface area contributed by atoms with E-state index in [1.54, 1.807) is 12.1 Å². The molecule has 10 heteroatoms. The van der Waals surface area contributed by atoms with Crippen molar-refractivity contribution in [3.05, 3.63) is 89.5 Å². The largest absolute Gasteiger partial charge is 0.497 e. The third kappa shape index (κ3) is 7.51. The summed E-state index contributed by atoms with van der Waals surface area (Å²) in [5.41, 5.74) is 2.81. The van der Waals surface area contributed by atoms with Gasteiger partial charge in [-0.25, -0.2) is 8.42 Å². The first kappa shape index (κ1) is 29.5. The number of aryl methyl sites for hydroxylation is 1. The summed E-state index contributed by atoms with van der Waals surface area (Å²) in [6, 6.07) is 20.8. The maximum Gasteiger partial charge on any atom is 0.244 e. The third-order valence-corrected chi connectivity index (χ3v) is 7.58. The van der Waals surface area contributed by atoms with E-state index in [0.717, 1.165) is 27.3 Å². The minimum Gasteiger partial charge on any atom is -0.497 e. The van der Waals surface area contributed by atoms with Crippen LogP contribution in [0.25, 0.3) is 0 Å². The van der Waals surface area contributed by atoms with Crippen LogP contribution in [-0.2, 0) is 32.6 Å². The smallest absolute Gasteiger partial charge is 0.244 e. The normalized spacial score (nSPS) is 11.8. The molecule has 1 atom stereocenters. The van der Waals surface area contributed by atoms with Crippen LogP contribution in [0.4, 0.5) is 5.69 Å². The number of sulfonamides is 1. The fourth-order valence-electron chi connectivity index (χ4n) is 4.28. The van der Waals surface area contributed by atoms with Gasteiger partial charge in [0, 0.05) is 26.1 Å². The molecular weight excluding hydrogens is 518 g/mol. The van der Waals surface area contributed by atoms with Crippen LogP contribution < -0.4 is 19.1 Å². The van der Waals surface area contributed by atoms with Crippen molar-refractivity contribution in [2.24, 2.45) is 0 Å². The summed E-state index contributed by atoms with van der Waals surface area (Å²) < 4.78 is 37.7. The molecule has 0 aromatic heterocycles. The number of amides is 2. The van der Waals surface area contributed by atoms with Gasteiger partial charge in [0.25, 0.3) is 0 Å². The van der Waals surface area contributed by atoms with Gasteiger partial charge in [-0.1, -0.05) is 54.6 Å². The highest BCUT2D eigenvalue weighted by Gasteiger charge is 2.33. The Morgan fingerprint density at radius 3 is 2.21 bits per heavy atom. The summed E-state index contributed by atoms with van der Waals surface area (Å²) in [4.78, 5) is 28.7. The average Bonchev–Trinajstić information content (AvgIpc) is 2.93. The average molecular weight is 554 g/mol. The van der Waals surface area contributed by atoms with Gasteiger partial charge in [-0.3, -0.25) is 13.9 Å². The van der Waals surface area contributed by atoms with Gasteiger partial charge >= 0.3 is 0 Å². The number of ether oxygens (including phenoxy) is 2. The zero-order valence-corrected chi connectivity index (χ0v) is 23.7. The lowest BCUT2D eigenvalue weighted by Crippen LogP contribution is -2.53. The predicted molar refractivity (Wildman–Crippen MR) is 151 cm³/mol. The topological polar surface area (TPSA) is 105 Å². The number of methoxy groups -OCH3 is 2. The fourth-order valence-corrected chi connectivity index (χ4v) is 5.12. The van der Waals surface area contributed by atoms with Crippen molar-refractivity contribution in [3.63, 3.8) is 0 Å². The van der Waals surface area contributed by atoms with E-state index in [0.29, 0.717) is 5.75 Å². The first-order valence-corrected chi connectivity index (χ1v) is 14.2. The molecule has 39 heavy (non-hydrogen) atoms. The van der Waals surface area contributed by atoms with E-state index in [1.165, 1.54) is 32.2 Å². The van der Waals surface area contributed by atoms with Gasteiger partial charge in [-0.15, -0.1) is 0 Å². The lowest BCUT2D eigenvalue weighted by molar-refractivity contribution is -0.139. The lowest BCUT2D eigenvalue weighted by atomic mass is 10.0. The van der Waals surface area contributed by atoms with E-state index in [9.17, 15) is 18.0 Å². The van der Waals surface area contributed by atoms with Crippen LogP contribution in [0, 0.1) is 6.92 Å². The number of likely N-dealkylation sites (N-methyl/N-ethyl adjacent to an activating group) is 1. The summed E-state index contributed by atoms with van der Waals surface area (Å²) in [5.74, 6) is -0.244. The van der Waals surface area contributed by atoms with E-state index in [2.05, 4.69) is 5.32 Å². The number of rotatable bonds is 12. The van der Waals surface area contributed by atoms with Crippen molar-refractivity contribution in [1.82, 2.24) is 10.2 Å². The van der Waals surface area contributed by atoms with Gasteiger partial charge in [0.1, 0.15) is 24.1 Å². The summed E-state index contributed by atoms with van der Waals surface area (Å²) in [5, 5.41) is 2.67. The zero-order chi connectivity index (χ0) is 28.6. The molecule has 0 fully saturated rings. The Morgan fingerprint density at radius 2 is 1.62 bits per heavy atom. The van der Waals surface area contributed by atoms with E-state index in [4.69, 9.17) is 9.47 Å². The Kier molecular flexibility index (Phi) is 9.95. The molecule has 0 saturated heterocycles. The number of benzene rings is 3. The summed E-state index contributed by atoms with van der Waals surface area (Å²) in [6.45, 7) is 1.49. The number of hydrogen-bond donors (Lipinski definition) is 1. The highest BCUT2D eigenvalue weighted by molar-refractivity contribution is 7.92. The number of carbonyl (C=O) groups is 2. The lowest BCUT2D eigenvalue weighted by Gasteiger charge is -2.33. The Hall–Kier alpha value is -4.05. The molecule has 0 bridgehead atoms. The van der Waals surface area contributed by atoms with E-state index in [-0.39, 0.29) is 30.3 Å². The van der Waals surface area contributed by atoms with E-state index < -0.39 is 28.5 Å². The SMILES string of the molecule is CNC(=O)C(Cc1ccccc1)N(Cc1ccccc1C)C(=O)CN(c1cc(OC)ccc1OC)S(C)(=O)=O. The number of nitrogens with zero attached hydrogens (tertiary/aromatic N) is 2. The number of carbonyl (C=O) groups excluding carboxylic acids is 2. The highest BCUT2D eigenvalue weighted by Crippen LogP contribution is 2.34. The second-order valence-electron chi connectivity index (χ2n) is 9.08. The molecule has 0 aliphatic rings. The van der Waals surface area contributed by atoms with Gasteiger partial charge in [0.2, 0.25) is 21.8 Å². The molecule has 1 unspecified atom stereocenters. The van der Waals surface area contributed by atoms with Crippen LogP contribution in [0.1, 0.15) is 16.7 Å². The van der Waals surface area contributed by atoms with Gasteiger partial charge in [-0.05, 0) is 35.7 Å². The van der Waals surface area contributed by atoms with Crippen molar-refractivity contribution in [3.8, 4) is 11.5 Å². The maximum absolute atomic E-state index is 14.1. The second-order valence-corrected chi connectivity index (χ2v) is 11.0. The van der Waals surface area contributed by atoms with Crippen LogP contribution in [-0.4, -0.2) is 65.2 Å². The van der Waals surface area contributed by atoms with E-state index in [1.807, 2.05) is 61.5 Å². The van der Waals surface area contributed by atoms with Crippen molar-refractivity contribution in [2.75, 3.05) is 38.4 Å². The molecule has 0 radical (unpaired) electrons. The Balaban J connectivity index is 2.09. The molecule has 208 valence electrons. The number of anilines is 1. The van der Waals surface area contributed by atoms with Crippen LogP contribution in [0.15, 0.2) is 72.8 Å².